The van der Waals surface area contributed by atoms with Crippen LogP contribution in [0, 0.1) is 11.3 Å². The van der Waals surface area contributed by atoms with Crippen LogP contribution in [-0.4, -0.2) is 4.90 Å². The van der Waals surface area contributed by atoms with Crippen LogP contribution in [0.25, 0.3) is 0 Å². The predicted octanol–water partition coefficient (Wildman–Crippen LogP) is 4.21. The summed E-state index contributed by atoms with van der Waals surface area (Å²) in [6.45, 7) is 0.788. The Morgan fingerprint density at radius 3 is 2.29 bits per heavy atom. The Morgan fingerprint density at radius 2 is 1.62 bits per heavy atom. The first-order chi connectivity index (χ1) is 10.4. The highest BCUT2D eigenvalue weighted by molar-refractivity contribution is 5.39. The monoisotopic (exact) mass is 272 g/mol. The number of nitriles is 1. The molecular formula is C19H16N2. The van der Waals surface area contributed by atoms with E-state index in [1.54, 1.807) is 0 Å². The molecule has 0 fully saturated rings. The highest BCUT2D eigenvalue weighted by Crippen LogP contribution is 2.28. The van der Waals surface area contributed by atoms with Gasteiger partial charge >= 0.3 is 0 Å². The van der Waals surface area contributed by atoms with Gasteiger partial charge in [0.2, 0.25) is 0 Å². The Bertz CT molecular complexity index is 693. The maximum absolute atomic E-state index is 9.14. The number of hydrogen-bond acceptors (Lipinski definition) is 2. The van der Waals surface area contributed by atoms with E-state index in [4.69, 9.17) is 5.26 Å². The molecule has 3 rings (SSSR count). The molecule has 0 unspecified atom stereocenters. The van der Waals surface area contributed by atoms with Gasteiger partial charge in [-0.05, 0) is 17.2 Å². The van der Waals surface area contributed by atoms with Crippen LogP contribution in [0.15, 0.2) is 84.6 Å². The second-order valence-corrected chi connectivity index (χ2v) is 5.07. The summed E-state index contributed by atoms with van der Waals surface area (Å²) >= 11 is 0. The molecule has 0 saturated carbocycles. The zero-order chi connectivity index (χ0) is 14.5. The summed E-state index contributed by atoms with van der Waals surface area (Å²) in [5.41, 5.74) is 3.17. The van der Waals surface area contributed by atoms with Crippen molar-refractivity contribution in [3.05, 3.63) is 95.7 Å². The Balaban J connectivity index is 1.90. The van der Waals surface area contributed by atoms with E-state index in [9.17, 15) is 0 Å². The molecule has 0 aromatic heterocycles. The summed E-state index contributed by atoms with van der Waals surface area (Å²) in [6, 6.07) is 23.1. The maximum Gasteiger partial charge on any atom is 0.101 e. The molecule has 0 radical (unpaired) electrons. The van der Waals surface area contributed by atoms with Crippen molar-refractivity contribution in [2.75, 3.05) is 0 Å². The minimum atomic E-state index is 0.170. The zero-order valence-corrected chi connectivity index (χ0v) is 11.7. The number of hydrogen-bond donors (Lipinski definition) is 0. The molecule has 1 aliphatic heterocycles. The van der Waals surface area contributed by atoms with Gasteiger partial charge in [0.05, 0.1) is 11.6 Å². The van der Waals surface area contributed by atoms with Crippen molar-refractivity contribution in [2.24, 2.45) is 0 Å². The van der Waals surface area contributed by atoms with Crippen molar-refractivity contribution in [2.45, 2.75) is 12.6 Å². The quantitative estimate of drug-likeness (QED) is 0.837. The van der Waals surface area contributed by atoms with Crippen LogP contribution < -0.4 is 0 Å². The second kappa shape index (κ2) is 6.11. The van der Waals surface area contributed by atoms with Gasteiger partial charge in [-0.3, -0.25) is 0 Å². The van der Waals surface area contributed by atoms with Gasteiger partial charge in [0.15, 0.2) is 0 Å². The van der Waals surface area contributed by atoms with Crippen molar-refractivity contribution >= 4 is 0 Å². The summed E-state index contributed by atoms with van der Waals surface area (Å²) in [7, 11) is 0. The number of nitrogens with zero attached hydrogens (tertiary/aromatic N) is 2. The first-order valence-corrected chi connectivity index (χ1v) is 7.01. The van der Waals surface area contributed by atoms with E-state index >= 15 is 0 Å². The third kappa shape index (κ3) is 3.04. The first-order valence-electron chi connectivity index (χ1n) is 7.01. The van der Waals surface area contributed by atoms with E-state index in [0.717, 1.165) is 6.54 Å². The summed E-state index contributed by atoms with van der Waals surface area (Å²) < 4.78 is 0. The predicted molar refractivity (Wildman–Crippen MR) is 84.0 cm³/mol. The third-order valence-corrected chi connectivity index (χ3v) is 3.60. The van der Waals surface area contributed by atoms with Crippen LogP contribution in [-0.2, 0) is 6.54 Å². The molecule has 2 heteroatoms. The molecule has 1 aliphatic rings. The summed E-state index contributed by atoms with van der Waals surface area (Å²) in [4.78, 5) is 2.21. The molecule has 102 valence electrons. The molecule has 0 saturated heterocycles. The van der Waals surface area contributed by atoms with E-state index < -0.39 is 0 Å². The van der Waals surface area contributed by atoms with Crippen molar-refractivity contribution in [1.82, 2.24) is 4.90 Å². The van der Waals surface area contributed by atoms with Gasteiger partial charge in [0.1, 0.15) is 6.07 Å². The molecule has 0 spiro atoms. The van der Waals surface area contributed by atoms with Crippen LogP contribution in [0.4, 0.5) is 0 Å². The minimum Gasteiger partial charge on any atom is -0.361 e. The first kappa shape index (κ1) is 13.2. The number of rotatable bonds is 3. The fraction of sp³-hybridized carbons (Fsp3) is 0.105. The Morgan fingerprint density at radius 1 is 0.952 bits per heavy atom. The third-order valence-electron chi connectivity index (χ3n) is 3.60. The lowest BCUT2D eigenvalue weighted by molar-refractivity contribution is 0.311. The highest BCUT2D eigenvalue weighted by Gasteiger charge is 2.19. The largest absolute Gasteiger partial charge is 0.361 e. The fourth-order valence-electron chi connectivity index (χ4n) is 2.56. The summed E-state index contributed by atoms with van der Waals surface area (Å²) in [5, 5.41) is 9.14. The zero-order valence-electron chi connectivity index (χ0n) is 11.7. The second-order valence-electron chi connectivity index (χ2n) is 5.07. The molecule has 2 aromatic carbocycles. The topological polar surface area (TPSA) is 27.0 Å². The molecule has 21 heavy (non-hydrogen) atoms. The Hall–Kier alpha value is -2.79. The van der Waals surface area contributed by atoms with Gasteiger partial charge in [-0.15, -0.1) is 0 Å². The number of allylic oxidation sites excluding steroid dienone is 2. The Kier molecular flexibility index (Phi) is 3.84. The molecule has 2 aromatic rings. The van der Waals surface area contributed by atoms with Gasteiger partial charge in [-0.2, -0.15) is 5.26 Å². The normalized spacial score (nSPS) is 17.2. The van der Waals surface area contributed by atoms with E-state index in [1.807, 2.05) is 48.7 Å². The van der Waals surface area contributed by atoms with Gasteiger partial charge < -0.3 is 4.90 Å². The van der Waals surface area contributed by atoms with Crippen LogP contribution in [0.1, 0.15) is 17.2 Å². The van der Waals surface area contributed by atoms with Crippen LogP contribution in [0.5, 0.6) is 0 Å². The van der Waals surface area contributed by atoms with Gasteiger partial charge in [-0.25, -0.2) is 0 Å². The molecule has 0 N–H and O–H groups in total. The lowest BCUT2D eigenvalue weighted by Gasteiger charge is -2.31. The highest BCUT2D eigenvalue weighted by atomic mass is 15.1. The van der Waals surface area contributed by atoms with Crippen LogP contribution in [0.3, 0.4) is 0 Å². The van der Waals surface area contributed by atoms with E-state index in [1.165, 1.54) is 11.1 Å². The van der Waals surface area contributed by atoms with E-state index in [0.29, 0.717) is 5.57 Å². The molecule has 2 nitrogen and oxygen atoms in total. The van der Waals surface area contributed by atoms with Crippen LogP contribution >= 0.6 is 0 Å². The summed E-state index contributed by atoms with van der Waals surface area (Å²) in [5.74, 6) is 0. The lowest BCUT2D eigenvalue weighted by atomic mass is 10.0. The molecule has 1 atom stereocenters. The van der Waals surface area contributed by atoms with Gasteiger partial charge in [0.25, 0.3) is 0 Å². The van der Waals surface area contributed by atoms with Crippen molar-refractivity contribution in [3.63, 3.8) is 0 Å². The van der Waals surface area contributed by atoms with Crippen molar-refractivity contribution in [3.8, 4) is 6.07 Å². The number of benzene rings is 2. The minimum absolute atomic E-state index is 0.170. The van der Waals surface area contributed by atoms with Gasteiger partial charge in [-0.1, -0.05) is 66.7 Å². The molecule has 0 amide bonds. The lowest BCUT2D eigenvalue weighted by Crippen LogP contribution is -2.24. The van der Waals surface area contributed by atoms with Crippen molar-refractivity contribution < 1.29 is 0 Å². The average Bonchev–Trinajstić information content (AvgIpc) is 2.56. The smallest absolute Gasteiger partial charge is 0.101 e. The molecule has 0 aliphatic carbocycles. The molecular weight excluding hydrogens is 256 g/mol. The maximum atomic E-state index is 9.14. The SMILES string of the molecule is N#CC1=CN(Cc2ccccc2)[C@H](c2ccccc2)C=C1. The molecule has 1 heterocycles. The fourth-order valence-corrected chi connectivity index (χ4v) is 2.56. The van der Waals surface area contributed by atoms with E-state index in [-0.39, 0.29) is 6.04 Å². The average molecular weight is 272 g/mol. The summed E-state index contributed by atoms with van der Waals surface area (Å²) in [6.07, 6.45) is 5.95. The molecule has 0 bridgehead atoms. The van der Waals surface area contributed by atoms with Crippen LogP contribution in [0.2, 0.25) is 0 Å². The Labute approximate surface area is 125 Å². The van der Waals surface area contributed by atoms with E-state index in [2.05, 4.69) is 41.3 Å². The standard InChI is InChI=1S/C19H16N2/c20-13-17-11-12-19(18-9-5-2-6-10-18)21(15-17)14-16-7-3-1-4-8-16/h1-12,15,19H,14H2/t19-/m0/s1. The van der Waals surface area contributed by atoms with Crippen molar-refractivity contribution in [1.29, 1.82) is 5.26 Å². The van der Waals surface area contributed by atoms with Gasteiger partial charge in [0, 0.05) is 12.7 Å².